The van der Waals surface area contributed by atoms with E-state index in [0.29, 0.717) is 11.1 Å². The SMILES string of the molecule is CC(C)C(=O)OC(OC(=O)C(C)C)(c1ccccc1)c1ccccc1. The quantitative estimate of drug-likeness (QED) is 0.581. The Morgan fingerprint density at radius 2 is 1.00 bits per heavy atom. The van der Waals surface area contributed by atoms with Gasteiger partial charge in [0.2, 0.25) is 0 Å². The van der Waals surface area contributed by atoms with Crippen LogP contribution in [0, 0.1) is 11.8 Å². The molecule has 0 fully saturated rings. The van der Waals surface area contributed by atoms with Gasteiger partial charge in [-0.15, -0.1) is 0 Å². The molecule has 25 heavy (non-hydrogen) atoms. The molecule has 0 aromatic heterocycles. The summed E-state index contributed by atoms with van der Waals surface area (Å²) in [6, 6.07) is 18.1. The summed E-state index contributed by atoms with van der Waals surface area (Å²) in [6.07, 6.45) is 0. The van der Waals surface area contributed by atoms with Gasteiger partial charge >= 0.3 is 17.7 Å². The molecule has 0 saturated carbocycles. The maximum atomic E-state index is 12.4. The average Bonchev–Trinajstić information content (AvgIpc) is 2.62. The number of esters is 2. The van der Waals surface area contributed by atoms with Crippen molar-refractivity contribution in [1.29, 1.82) is 0 Å². The van der Waals surface area contributed by atoms with Crippen LogP contribution in [-0.4, -0.2) is 11.9 Å². The second kappa shape index (κ2) is 7.97. The number of ether oxygens (including phenoxy) is 2. The smallest absolute Gasteiger partial charge is 0.312 e. The number of benzene rings is 2. The second-order valence-corrected chi connectivity index (χ2v) is 6.50. The molecule has 4 nitrogen and oxygen atoms in total. The van der Waals surface area contributed by atoms with Gasteiger partial charge in [-0.25, -0.2) is 0 Å². The van der Waals surface area contributed by atoms with Gasteiger partial charge < -0.3 is 9.47 Å². The van der Waals surface area contributed by atoms with Crippen LogP contribution in [0.15, 0.2) is 60.7 Å². The van der Waals surface area contributed by atoms with Crippen molar-refractivity contribution in [3.8, 4) is 0 Å². The Kier molecular flexibility index (Phi) is 5.97. The predicted octanol–water partition coefficient (Wildman–Crippen LogP) is 4.29. The molecular weight excluding hydrogens is 316 g/mol. The first-order valence-electron chi connectivity index (χ1n) is 8.43. The van der Waals surface area contributed by atoms with Crippen molar-refractivity contribution in [2.45, 2.75) is 33.5 Å². The molecule has 2 aromatic rings. The lowest BCUT2D eigenvalue weighted by Crippen LogP contribution is -2.40. The molecule has 0 atom stereocenters. The van der Waals surface area contributed by atoms with Crippen LogP contribution in [0.25, 0.3) is 0 Å². The van der Waals surface area contributed by atoms with Crippen molar-refractivity contribution in [3.63, 3.8) is 0 Å². The molecule has 0 heterocycles. The number of carbonyl (C=O) groups excluding carboxylic acids is 2. The lowest BCUT2D eigenvalue weighted by atomic mass is 9.96. The summed E-state index contributed by atoms with van der Waals surface area (Å²) in [5, 5.41) is 0. The van der Waals surface area contributed by atoms with Crippen LogP contribution in [0.4, 0.5) is 0 Å². The monoisotopic (exact) mass is 340 g/mol. The molecule has 0 radical (unpaired) electrons. The number of rotatable bonds is 6. The fourth-order valence-corrected chi connectivity index (χ4v) is 2.26. The number of hydrogen-bond acceptors (Lipinski definition) is 4. The minimum atomic E-state index is -1.61. The molecule has 0 aliphatic rings. The zero-order valence-corrected chi connectivity index (χ0v) is 15.1. The van der Waals surface area contributed by atoms with Crippen molar-refractivity contribution >= 4 is 11.9 Å². The highest BCUT2D eigenvalue weighted by molar-refractivity contribution is 5.75. The normalized spacial score (nSPS) is 11.4. The topological polar surface area (TPSA) is 52.6 Å². The van der Waals surface area contributed by atoms with Gasteiger partial charge in [0, 0.05) is 11.1 Å². The molecule has 4 heteroatoms. The molecule has 0 unspecified atom stereocenters. The van der Waals surface area contributed by atoms with Crippen LogP contribution in [0.3, 0.4) is 0 Å². The minimum Gasteiger partial charge on any atom is -0.413 e. The van der Waals surface area contributed by atoms with E-state index < -0.39 is 17.7 Å². The van der Waals surface area contributed by atoms with Gasteiger partial charge in [0.25, 0.3) is 0 Å². The van der Waals surface area contributed by atoms with Crippen LogP contribution in [0.5, 0.6) is 0 Å². The molecule has 2 rings (SSSR count). The highest BCUT2D eigenvalue weighted by atomic mass is 16.7. The lowest BCUT2D eigenvalue weighted by molar-refractivity contribution is -0.223. The molecule has 0 spiro atoms. The zero-order valence-electron chi connectivity index (χ0n) is 15.1. The average molecular weight is 340 g/mol. The van der Waals surface area contributed by atoms with Gasteiger partial charge in [0.15, 0.2) is 0 Å². The van der Waals surface area contributed by atoms with Crippen molar-refractivity contribution in [2.75, 3.05) is 0 Å². The molecule has 0 bridgehead atoms. The van der Waals surface area contributed by atoms with E-state index >= 15 is 0 Å². The maximum Gasteiger partial charge on any atom is 0.312 e. The largest absolute Gasteiger partial charge is 0.413 e. The third kappa shape index (κ3) is 4.27. The molecule has 0 saturated heterocycles. The van der Waals surface area contributed by atoms with Gasteiger partial charge in [-0.1, -0.05) is 88.4 Å². The molecule has 0 aliphatic heterocycles. The van der Waals surface area contributed by atoms with Crippen molar-refractivity contribution in [1.82, 2.24) is 0 Å². The minimum absolute atomic E-state index is 0.357. The first kappa shape index (κ1) is 18.7. The summed E-state index contributed by atoms with van der Waals surface area (Å²) in [4.78, 5) is 24.9. The molecule has 132 valence electrons. The molecule has 2 aromatic carbocycles. The highest BCUT2D eigenvalue weighted by Gasteiger charge is 2.43. The summed E-state index contributed by atoms with van der Waals surface area (Å²) in [7, 11) is 0. The summed E-state index contributed by atoms with van der Waals surface area (Å²) >= 11 is 0. The fraction of sp³-hybridized carbons (Fsp3) is 0.333. The van der Waals surface area contributed by atoms with E-state index in [1.807, 2.05) is 36.4 Å². The molecule has 0 aliphatic carbocycles. The van der Waals surface area contributed by atoms with Gasteiger partial charge in [-0.3, -0.25) is 9.59 Å². The zero-order chi connectivity index (χ0) is 18.4. The molecule has 0 N–H and O–H groups in total. The Labute approximate surface area is 148 Å². The van der Waals surface area contributed by atoms with E-state index in [2.05, 4.69) is 0 Å². The first-order valence-corrected chi connectivity index (χ1v) is 8.43. The van der Waals surface area contributed by atoms with Gasteiger partial charge in [0.1, 0.15) is 0 Å². The first-order chi connectivity index (χ1) is 11.9. The van der Waals surface area contributed by atoms with Gasteiger partial charge in [0.05, 0.1) is 11.8 Å². The predicted molar refractivity (Wildman–Crippen MR) is 95.5 cm³/mol. The Morgan fingerprint density at radius 1 is 0.680 bits per heavy atom. The van der Waals surface area contributed by atoms with E-state index in [1.54, 1.807) is 52.0 Å². The number of hydrogen-bond donors (Lipinski definition) is 0. The van der Waals surface area contributed by atoms with Crippen LogP contribution >= 0.6 is 0 Å². The van der Waals surface area contributed by atoms with Gasteiger partial charge in [-0.2, -0.15) is 0 Å². The van der Waals surface area contributed by atoms with E-state index in [9.17, 15) is 9.59 Å². The molecule has 0 amide bonds. The summed E-state index contributed by atoms with van der Waals surface area (Å²) < 4.78 is 11.6. The van der Waals surface area contributed by atoms with Crippen LogP contribution < -0.4 is 0 Å². The highest BCUT2D eigenvalue weighted by Crippen LogP contribution is 2.36. The Bertz CT molecular complexity index is 642. The van der Waals surface area contributed by atoms with E-state index in [0.717, 1.165) is 0 Å². The Morgan fingerprint density at radius 3 is 1.28 bits per heavy atom. The van der Waals surface area contributed by atoms with Crippen LogP contribution in [0.1, 0.15) is 38.8 Å². The van der Waals surface area contributed by atoms with Crippen LogP contribution in [-0.2, 0) is 24.8 Å². The van der Waals surface area contributed by atoms with E-state index in [4.69, 9.17) is 9.47 Å². The fourth-order valence-electron chi connectivity index (χ4n) is 2.26. The molecular formula is C21H24O4. The summed E-state index contributed by atoms with van der Waals surface area (Å²) in [5.74, 6) is -3.20. The Balaban J connectivity index is 2.64. The van der Waals surface area contributed by atoms with Crippen molar-refractivity contribution in [2.24, 2.45) is 11.8 Å². The Hall–Kier alpha value is -2.62. The summed E-state index contributed by atoms with van der Waals surface area (Å²) in [6.45, 7) is 6.97. The standard InChI is InChI=1S/C21H24O4/c1-15(2)19(22)24-21(25-20(23)16(3)4,17-11-7-5-8-12-17)18-13-9-6-10-14-18/h5-16H,1-4H3. The second-order valence-electron chi connectivity index (χ2n) is 6.50. The third-order valence-electron chi connectivity index (χ3n) is 3.74. The lowest BCUT2D eigenvalue weighted by Gasteiger charge is -2.34. The van der Waals surface area contributed by atoms with E-state index in [1.165, 1.54) is 0 Å². The third-order valence-corrected chi connectivity index (χ3v) is 3.74. The van der Waals surface area contributed by atoms with Gasteiger partial charge in [-0.05, 0) is 0 Å². The maximum absolute atomic E-state index is 12.4. The number of carbonyl (C=O) groups is 2. The summed E-state index contributed by atoms with van der Waals surface area (Å²) in [5.41, 5.74) is 1.17. The van der Waals surface area contributed by atoms with Crippen molar-refractivity contribution in [3.05, 3.63) is 71.8 Å². The van der Waals surface area contributed by atoms with Crippen molar-refractivity contribution < 1.29 is 19.1 Å². The van der Waals surface area contributed by atoms with E-state index in [-0.39, 0.29) is 11.8 Å². The van der Waals surface area contributed by atoms with Crippen LogP contribution in [0.2, 0.25) is 0 Å².